The summed E-state index contributed by atoms with van der Waals surface area (Å²) in [5, 5.41) is 12.6. The van der Waals surface area contributed by atoms with E-state index in [0.29, 0.717) is 5.69 Å². The molecule has 0 unspecified atom stereocenters. The molecular formula is C10H6ClFN2O2. The van der Waals surface area contributed by atoms with Crippen LogP contribution >= 0.6 is 11.6 Å². The molecule has 1 aromatic carbocycles. The number of rotatable bonds is 2. The van der Waals surface area contributed by atoms with Crippen LogP contribution in [0.4, 0.5) is 4.39 Å². The van der Waals surface area contributed by atoms with Crippen molar-refractivity contribution in [3.63, 3.8) is 0 Å². The molecule has 1 N–H and O–H groups in total. The van der Waals surface area contributed by atoms with Gasteiger partial charge in [0.1, 0.15) is 16.5 Å². The first-order valence-corrected chi connectivity index (χ1v) is 4.70. The second-order valence-electron chi connectivity index (χ2n) is 3.04. The fourth-order valence-corrected chi connectivity index (χ4v) is 1.51. The van der Waals surface area contributed by atoms with Crippen LogP contribution in [0.1, 0.15) is 10.4 Å². The highest BCUT2D eigenvalue weighted by atomic mass is 35.5. The molecule has 0 atom stereocenters. The predicted octanol–water partition coefficient (Wildman–Crippen LogP) is 2.36. The van der Waals surface area contributed by atoms with Gasteiger partial charge in [-0.15, -0.1) is 0 Å². The Morgan fingerprint density at radius 1 is 1.38 bits per heavy atom. The fourth-order valence-electron chi connectivity index (χ4n) is 1.24. The number of hydrogen-bond donors (Lipinski definition) is 1. The largest absolute Gasteiger partial charge is 0.478 e. The summed E-state index contributed by atoms with van der Waals surface area (Å²) in [5.74, 6) is -1.54. The van der Waals surface area contributed by atoms with Crippen molar-refractivity contribution in [3.8, 4) is 5.69 Å². The predicted molar refractivity (Wildman–Crippen MR) is 55.5 cm³/mol. The number of halogens is 2. The molecule has 1 aromatic heterocycles. The summed E-state index contributed by atoms with van der Waals surface area (Å²) in [7, 11) is 0. The quantitative estimate of drug-likeness (QED) is 0.877. The van der Waals surface area contributed by atoms with Crippen LogP contribution in [0.3, 0.4) is 0 Å². The van der Waals surface area contributed by atoms with Gasteiger partial charge in [0.15, 0.2) is 0 Å². The molecule has 0 spiro atoms. The molecule has 0 saturated heterocycles. The molecule has 2 aromatic rings. The normalized spacial score (nSPS) is 10.4. The second-order valence-corrected chi connectivity index (χ2v) is 3.40. The van der Waals surface area contributed by atoms with Gasteiger partial charge in [-0.1, -0.05) is 11.6 Å². The molecule has 4 nitrogen and oxygen atoms in total. The molecule has 0 aliphatic heterocycles. The van der Waals surface area contributed by atoms with E-state index >= 15 is 0 Å². The molecule has 6 heteroatoms. The Hall–Kier alpha value is -1.88. The lowest BCUT2D eigenvalue weighted by molar-refractivity contribution is 0.0697. The second kappa shape index (κ2) is 3.94. The monoisotopic (exact) mass is 240 g/mol. The Morgan fingerprint density at radius 3 is 2.50 bits per heavy atom. The Labute approximate surface area is 94.9 Å². The van der Waals surface area contributed by atoms with Crippen molar-refractivity contribution in [1.29, 1.82) is 0 Å². The van der Waals surface area contributed by atoms with Crippen LogP contribution in [-0.2, 0) is 0 Å². The molecule has 0 amide bonds. The minimum Gasteiger partial charge on any atom is -0.478 e. The molecule has 2 rings (SSSR count). The van der Waals surface area contributed by atoms with Gasteiger partial charge < -0.3 is 5.11 Å². The summed E-state index contributed by atoms with van der Waals surface area (Å²) >= 11 is 5.82. The van der Waals surface area contributed by atoms with E-state index in [1.54, 1.807) is 0 Å². The number of hydrogen-bond acceptors (Lipinski definition) is 2. The van der Waals surface area contributed by atoms with Gasteiger partial charge >= 0.3 is 5.97 Å². The third-order valence-corrected chi connectivity index (χ3v) is 2.38. The Balaban J connectivity index is 2.49. The van der Waals surface area contributed by atoms with Crippen molar-refractivity contribution in [1.82, 2.24) is 9.78 Å². The van der Waals surface area contributed by atoms with Crippen molar-refractivity contribution >= 4 is 17.6 Å². The fraction of sp³-hybridized carbons (Fsp3) is 0. The van der Waals surface area contributed by atoms with Gasteiger partial charge in [-0.25, -0.2) is 13.9 Å². The summed E-state index contributed by atoms with van der Waals surface area (Å²) < 4.78 is 13.9. The molecule has 0 fully saturated rings. The van der Waals surface area contributed by atoms with E-state index in [4.69, 9.17) is 16.7 Å². The van der Waals surface area contributed by atoms with Gasteiger partial charge in [-0.2, -0.15) is 5.10 Å². The summed E-state index contributed by atoms with van der Waals surface area (Å²) in [6.07, 6.45) is 1.15. The van der Waals surface area contributed by atoms with E-state index < -0.39 is 5.97 Å². The average Bonchev–Trinajstić information content (AvgIpc) is 2.61. The number of carboxylic acids is 1. The van der Waals surface area contributed by atoms with E-state index in [9.17, 15) is 9.18 Å². The van der Waals surface area contributed by atoms with Gasteiger partial charge in [-0.05, 0) is 24.3 Å². The third kappa shape index (κ3) is 1.77. The Bertz CT molecular complexity index is 536. The van der Waals surface area contributed by atoms with Crippen molar-refractivity contribution in [2.75, 3.05) is 0 Å². The van der Waals surface area contributed by atoms with Crippen LogP contribution in [-0.4, -0.2) is 20.9 Å². The summed E-state index contributed by atoms with van der Waals surface area (Å²) in [5.41, 5.74) is 0.407. The zero-order valence-electron chi connectivity index (χ0n) is 7.89. The highest BCUT2D eigenvalue weighted by Gasteiger charge is 2.15. The first kappa shape index (κ1) is 10.6. The van der Waals surface area contributed by atoms with Crippen molar-refractivity contribution in [3.05, 3.63) is 47.0 Å². The van der Waals surface area contributed by atoms with Gasteiger partial charge in [0, 0.05) is 0 Å². The standard InChI is InChI=1S/C10H6ClFN2O2/c11-9-8(10(15)16)5-13-14(9)7-3-1-6(12)2-4-7/h1-5H,(H,15,16). The van der Waals surface area contributed by atoms with E-state index in [1.807, 2.05) is 0 Å². The number of aromatic nitrogens is 2. The minimum atomic E-state index is -1.15. The van der Waals surface area contributed by atoms with Crippen molar-refractivity contribution in [2.45, 2.75) is 0 Å². The lowest BCUT2D eigenvalue weighted by atomic mass is 10.3. The van der Waals surface area contributed by atoms with Crippen LogP contribution in [0.2, 0.25) is 5.15 Å². The zero-order valence-corrected chi connectivity index (χ0v) is 8.65. The topological polar surface area (TPSA) is 55.1 Å². The van der Waals surface area contributed by atoms with Gasteiger partial charge in [0.05, 0.1) is 11.9 Å². The molecule has 0 radical (unpaired) electrons. The minimum absolute atomic E-state index is 0.0147. The van der Waals surface area contributed by atoms with E-state index in [-0.39, 0.29) is 16.5 Å². The highest BCUT2D eigenvalue weighted by Crippen LogP contribution is 2.20. The van der Waals surface area contributed by atoms with Crippen LogP contribution < -0.4 is 0 Å². The molecular weight excluding hydrogens is 235 g/mol. The lowest BCUT2D eigenvalue weighted by Gasteiger charge is -2.02. The number of carboxylic acid groups (broad SMARTS) is 1. The van der Waals surface area contributed by atoms with E-state index in [1.165, 1.54) is 28.9 Å². The summed E-state index contributed by atoms with van der Waals surface area (Å²) in [4.78, 5) is 10.7. The number of aromatic carboxylic acids is 1. The lowest BCUT2D eigenvalue weighted by Crippen LogP contribution is -1.99. The maximum absolute atomic E-state index is 12.7. The molecule has 82 valence electrons. The Morgan fingerprint density at radius 2 is 2.00 bits per heavy atom. The summed E-state index contributed by atoms with van der Waals surface area (Å²) in [6.45, 7) is 0. The first-order valence-electron chi connectivity index (χ1n) is 4.32. The number of benzene rings is 1. The zero-order chi connectivity index (χ0) is 11.7. The van der Waals surface area contributed by atoms with E-state index in [2.05, 4.69) is 5.10 Å². The van der Waals surface area contributed by atoms with Crippen LogP contribution in [0.15, 0.2) is 30.5 Å². The number of carbonyl (C=O) groups is 1. The van der Waals surface area contributed by atoms with Crippen molar-refractivity contribution in [2.24, 2.45) is 0 Å². The highest BCUT2D eigenvalue weighted by molar-refractivity contribution is 6.32. The Kier molecular flexibility index (Phi) is 2.62. The molecule has 0 aliphatic rings. The average molecular weight is 241 g/mol. The maximum Gasteiger partial charge on any atom is 0.340 e. The van der Waals surface area contributed by atoms with Crippen LogP contribution in [0.5, 0.6) is 0 Å². The smallest absolute Gasteiger partial charge is 0.340 e. The first-order chi connectivity index (χ1) is 7.59. The van der Waals surface area contributed by atoms with Crippen molar-refractivity contribution < 1.29 is 14.3 Å². The van der Waals surface area contributed by atoms with Gasteiger partial charge in [-0.3, -0.25) is 0 Å². The molecule has 1 heterocycles. The van der Waals surface area contributed by atoms with Gasteiger partial charge in [0.2, 0.25) is 0 Å². The SMILES string of the molecule is O=C(O)c1cnn(-c2ccc(F)cc2)c1Cl. The van der Waals surface area contributed by atoms with Crippen LogP contribution in [0.25, 0.3) is 5.69 Å². The van der Waals surface area contributed by atoms with E-state index in [0.717, 1.165) is 6.20 Å². The maximum atomic E-state index is 12.7. The molecule has 0 bridgehead atoms. The van der Waals surface area contributed by atoms with Crippen LogP contribution in [0, 0.1) is 5.82 Å². The molecule has 16 heavy (non-hydrogen) atoms. The summed E-state index contributed by atoms with van der Waals surface area (Å²) in [6, 6.07) is 5.40. The third-order valence-electron chi connectivity index (χ3n) is 2.01. The molecule has 0 saturated carbocycles. The molecule has 0 aliphatic carbocycles. The van der Waals surface area contributed by atoms with Gasteiger partial charge in [0.25, 0.3) is 0 Å². The number of nitrogens with zero attached hydrogens (tertiary/aromatic N) is 2.